The van der Waals surface area contributed by atoms with Gasteiger partial charge in [0.25, 0.3) is 5.91 Å². The summed E-state index contributed by atoms with van der Waals surface area (Å²) < 4.78 is 44.3. The first-order chi connectivity index (χ1) is 16.8. The van der Waals surface area contributed by atoms with E-state index >= 15 is 0 Å². The van der Waals surface area contributed by atoms with Crippen LogP contribution in [0, 0.1) is 0 Å². The SMILES string of the molecule is O=C1NCC2=C1[C@@H](c1ccccc1OC(F)(F)F)N(C(=O)CCc1nccs1)[C@@H]1CCCC[C@H]1N2. The number of nitrogens with zero attached hydrogens (tertiary/aromatic N) is 2. The van der Waals surface area contributed by atoms with Crippen LogP contribution < -0.4 is 15.4 Å². The highest BCUT2D eigenvalue weighted by Gasteiger charge is 2.47. The summed E-state index contributed by atoms with van der Waals surface area (Å²) in [5.74, 6) is -1.03. The summed E-state index contributed by atoms with van der Waals surface area (Å²) in [7, 11) is 0. The van der Waals surface area contributed by atoms with E-state index in [0.717, 1.165) is 24.3 Å². The minimum atomic E-state index is -4.92. The van der Waals surface area contributed by atoms with Gasteiger partial charge in [0.15, 0.2) is 0 Å². The summed E-state index contributed by atoms with van der Waals surface area (Å²) in [4.78, 5) is 32.8. The van der Waals surface area contributed by atoms with E-state index in [4.69, 9.17) is 0 Å². The molecule has 1 saturated carbocycles. The van der Waals surface area contributed by atoms with Gasteiger partial charge < -0.3 is 20.3 Å². The molecule has 0 radical (unpaired) electrons. The maximum absolute atomic E-state index is 13.8. The first-order valence-corrected chi connectivity index (χ1v) is 12.5. The molecule has 11 heteroatoms. The molecule has 5 rings (SSSR count). The number of carbonyl (C=O) groups is 2. The monoisotopic (exact) mass is 506 g/mol. The highest BCUT2D eigenvalue weighted by molar-refractivity contribution is 7.09. The molecule has 2 N–H and O–H groups in total. The Morgan fingerprint density at radius 1 is 1.23 bits per heavy atom. The van der Waals surface area contributed by atoms with Gasteiger partial charge in [-0.1, -0.05) is 31.0 Å². The van der Waals surface area contributed by atoms with Crippen molar-refractivity contribution in [1.82, 2.24) is 20.5 Å². The van der Waals surface area contributed by atoms with Gasteiger partial charge in [-0.05, 0) is 18.9 Å². The zero-order chi connectivity index (χ0) is 24.6. The third kappa shape index (κ3) is 4.86. The molecule has 1 fully saturated rings. The lowest BCUT2D eigenvalue weighted by Crippen LogP contribution is -2.53. The first-order valence-electron chi connectivity index (χ1n) is 11.6. The molecule has 0 bridgehead atoms. The minimum absolute atomic E-state index is 0.0917. The average Bonchev–Trinajstić information content (AvgIpc) is 3.43. The highest BCUT2D eigenvalue weighted by atomic mass is 32.1. The number of hydrogen-bond acceptors (Lipinski definition) is 6. The van der Waals surface area contributed by atoms with Crippen LogP contribution in [0.25, 0.3) is 0 Å². The molecule has 0 saturated heterocycles. The van der Waals surface area contributed by atoms with Gasteiger partial charge in [0.2, 0.25) is 5.91 Å². The van der Waals surface area contributed by atoms with Crippen molar-refractivity contribution in [2.24, 2.45) is 0 Å². The molecule has 3 aliphatic rings. The van der Waals surface area contributed by atoms with Crippen molar-refractivity contribution in [1.29, 1.82) is 0 Å². The number of amides is 2. The van der Waals surface area contributed by atoms with Crippen LogP contribution in [-0.4, -0.2) is 46.7 Å². The quantitative estimate of drug-likeness (QED) is 0.644. The Kier molecular flexibility index (Phi) is 6.43. The fraction of sp³-hybridized carbons (Fsp3) is 0.458. The van der Waals surface area contributed by atoms with E-state index in [1.807, 2.05) is 5.38 Å². The van der Waals surface area contributed by atoms with Crippen LogP contribution in [0.1, 0.15) is 48.7 Å². The maximum atomic E-state index is 13.8. The lowest BCUT2D eigenvalue weighted by molar-refractivity contribution is -0.275. The average molecular weight is 507 g/mol. The van der Waals surface area contributed by atoms with E-state index in [2.05, 4.69) is 20.4 Å². The van der Waals surface area contributed by atoms with Crippen molar-refractivity contribution in [2.75, 3.05) is 6.54 Å². The van der Waals surface area contributed by atoms with Crippen LogP contribution in [0.2, 0.25) is 0 Å². The molecule has 1 aromatic heterocycles. The Balaban J connectivity index is 1.61. The Morgan fingerprint density at radius 2 is 2.03 bits per heavy atom. The molecule has 1 aromatic carbocycles. The molecule has 2 aromatic rings. The largest absolute Gasteiger partial charge is 0.573 e. The molecule has 0 spiro atoms. The Labute approximate surface area is 204 Å². The Hall–Kier alpha value is -3.08. The summed E-state index contributed by atoms with van der Waals surface area (Å²) in [6, 6.07) is 4.41. The number of hydrogen-bond donors (Lipinski definition) is 2. The van der Waals surface area contributed by atoms with E-state index in [1.165, 1.54) is 29.5 Å². The maximum Gasteiger partial charge on any atom is 0.573 e. The molecule has 2 amide bonds. The van der Waals surface area contributed by atoms with Crippen LogP contribution in [0.4, 0.5) is 13.2 Å². The van der Waals surface area contributed by atoms with Crippen LogP contribution in [0.3, 0.4) is 0 Å². The van der Waals surface area contributed by atoms with E-state index < -0.39 is 24.1 Å². The number of nitrogens with one attached hydrogen (secondary N) is 2. The second-order valence-electron chi connectivity index (χ2n) is 8.89. The van der Waals surface area contributed by atoms with Gasteiger partial charge in [-0.3, -0.25) is 9.59 Å². The molecule has 2 aliphatic heterocycles. The zero-order valence-electron chi connectivity index (χ0n) is 18.8. The van der Waals surface area contributed by atoms with Crippen molar-refractivity contribution in [3.63, 3.8) is 0 Å². The summed E-state index contributed by atoms with van der Waals surface area (Å²) >= 11 is 1.45. The van der Waals surface area contributed by atoms with Crippen molar-refractivity contribution < 1.29 is 27.5 Å². The van der Waals surface area contributed by atoms with E-state index in [-0.39, 0.29) is 42.1 Å². The van der Waals surface area contributed by atoms with Gasteiger partial charge in [-0.25, -0.2) is 4.98 Å². The minimum Gasteiger partial charge on any atom is -0.405 e. The highest BCUT2D eigenvalue weighted by Crippen LogP contribution is 2.44. The van der Waals surface area contributed by atoms with Gasteiger partial charge in [0, 0.05) is 41.7 Å². The number of aryl methyl sites for hydroxylation is 1. The van der Waals surface area contributed by atoms with Crippen LogP contribution in [0.15, 0.2) is 47.1 Å². The van der Waals surface area contributed by atoms with Crippen LogP contribution in [0.5, 0.6) is 5.75 Å². The lowest BCUT2D eigenvalue weighted by Gasteiger charge is -2.43. The fourth-order valence-corrected chi connectivity index (χ4v) is 5.98. The Morgan fingerprint density at radius 3 is 2.80 bits per heavy atom. The molecule has 1 aliphatic carbocycles. The van der Waals surface area contributed by atoms with E-state index in [9.17, 15) is 22.8 Å². The van der Waals surface area contributed by atoms with Crippen molar-refractivity contribution in [3.05, 3.63) is 57.7 Å². The predicted octanol–water partition coefficient (Wildman–Crippen LogP) is 3.84. The molecular weight excluding hydrogens is 481 g/mol. The molecule has 3 heterocycles. The number of rotatable bonds is 5. The van der Waals surface area contributed by atoms with Crippen molar-refractivity contribution in [2.45, 2.75) is 63.0 Å². The second kappa shape index (κ2) is 9.52. The summed E-state index contributed by atoms with van der Waals surface area (Å²) in [5, 5.41) is 8.88. The van der Waals surface area contributed by atoms with Crippen LogP contribution >= 0.6 is 11.3 Å². The summed E-state index contributed by atoms with van der Waals surface area (Å²) in [6.45, 7) is 0.247. The van der Waals surface area contributed by atoms with Gasteiger partial charge in [-0.2, -0.15) is 0 Å². The number of ether oxygens (including phenoxy) is 1. The Bertz CT molecular complexity index is 1140. The second-order valence-corrected chi connectivity index (χ2v) is 9.87. The van der Waals surface area contributed by atoms with E-state index in [1.54, 1.807) is 17.2 Å². The number of benzene rings is 1. The summed E-state index contributed by atoms with van der Waals surface area (Å²) in [6.07, 6.45) is 0.678. The van der Waals surface area contributed by atoms with Crippen molar-refractivity contribution in [3.8, 4) is 5.75 Å². The number of thiazole rings is 1. The lowest BCUT2D eigenvalue weighted by atomic mass is 9.87. The molecule has 186 valence electrons. The van der Waals surface area contributed by atoms with Gasteiger partial charge in [0.05, 0.1) is 29.2 Å². The topological polar surface area (TPSA) is 83.6 Å². The number of alkyl halides is 3. The normalized spacial score (nSPS) is 24.3. The molecular formula is C24H25F3N4O3S. The molecule has 0 unspecified atom stereocenters. The number of halogens is 3. The van der Waals surface area contributed by atoms with Gasteiger partial charge in [0.1, 0.15) is 5.75 Å². The molecule has 3 atom stereocenters. The smallest absolute Gasteiger partial charge is 0.405 e. The third-order valence-electron chi connectivity index (χ3n) is 6.76. The predicted molar refractivity (Wildman–Crippen MR) is 122 cm³/mol. The zero-order valence-corrected chi connectivity index (χ0v) is 19.6. The third-order valence-corrected chi connectivity index (χ3v) is 7.60. The summed E-state index contributed by atoms with van der Waals surface area (Å²) in [5.41, 5.74) is 1.05. The van der Waals surface area contributed by atoms with E-state index in [0.29, 0.717) is 18.5 Å². The van der Waals surface area contributed by atoms with Gasteiger partial charge >= 0.3 is 6.36 Å². The number of fused-ring (bicyclic) bond motifs is 1. The first kappa shape index (κ1) is 23.7. The standard InChI is InChI=1S/C24H25F3N4O3S/c25-24(26,27)34-18-8-4-1-5-14(18)22-21-16(13-29-23(21)33)30-15-6-2-3-7-17(15)31(22)20(32)10-9-19-28-11-12-35-19/h1,4-5,8,11-12,15,17,22,30H,2-3,6-7,9-10,13H2,(H,29,33)/t15-,17-,22-/m1/s1. The number of aromatic nitrogens is 1. The van der Waals surface area contributed by atoms with Crippen LogP contribution in [-0.2, 0) is 16.0 Å². The molecule has 35 heavy (non-hydrogen) atoms. The molecule has 7 nitrogen and oxygen atoms in total. The number of para-hydroxylation sites is 1. The van der Waals surface area contributed by atoms with Crippen molar-refractivity contribution >= 4 is 23.2 Å². The number of carbonyl (C=O) groups excluding carboxylic acids is 2. The van der Waals surface area contributed by atoms with Gasteiger partial charge in [-0.15, -0.1) is 24.5 Å². The fourth-order valence-electron chi connectivity index (χ4n) is 5.36.